The van der Waals surface area contributed by atoms with Crippen LogP contribution < -0.4 is 0 Å². The minimum absolute atomic E-state index is 0.0219. The highest BCUT2D eigenvalue weighted by Gasteiger charge is 2.61. The largest absolute Gasteiger partial charge is 0.481 e. The zero-order valence-electron chi connectivity index (χ0n) is 14.9. The van der Waals surface area contributed by atoms with Gasteiger partial charge in [-0.3, -0.25) is 9.59 Å². The van der Waals surface area contributed by atoms with E-state index in [1.165, 1.54) is 0 Å². The van der Waals surface area contributed by atoms with Crippen LogP contribution in [0.15, 0.2) is 54.6 Å². The molecule has 2 fully saturated rings. The van der Waals surface area contributed by atoms with Crippen molar-refractivity contribution in [2.45, 2.75) is 44.7 Å². The molecule has 4 rings (SSSR count). The number of carbonyl (C=O) groups is 2. The molecule has 2 saturated heterocycles. The number of hydrogen-bond acceptors (Lipinski definition) is 2. The van der Waals surface area contributed by atoms with Gasteiger partial charge in [0.25, 0.3) is 5.91 Å². The Morgan fingerprint density at radius 3 is 2.42 bits per heavy atom. The lowest BCUT2D eigenvalue weighted by Crippen LogP contribution is -2.46. The molecular formula is C22H23NO3. The third-order valence-electron chi connectivity index (χ3n) is 6.06. The predicted octanol–water partition coefficient (Wildman–Crippen LogP) is 3.69. The van der Waals surface area contributed by atoms with Crippen LogP contribution in [0.5, 0.6) is 0 Å². The van der Waals surface area contributed by atoms with Gasteiger partial charge in [-0.25, -0.2) is 0 Å². The van der Waals surface area contributed by atoms with Crippen LogP contribution in [-0.4, -0.2) is 34.0 Å². The van der Waals surface area contributed by atoms with Gasteiger partial charge >= 0.3 is 5.97 Å². The third kappa shape index (κ3) is 2.61. The van der Waals surface area contributed by atoms with Gasteiger partial charge < -0.3 is 10.0 Å². The maximum absolute atomic E-state index is 13.1. The average molecular weight is 349 g/mol. The van der Waals surface area contributed by atoms with Crippen molar-refractivity contribution in [1.29, 1.82) is 0 Å². The van der Waals surface area contributed by atoms with E-state index in [1.807, 2.05) is 66.4 Å². The Hall–Kier alpha value is -2.62. The molecule has 2 aromatic rings. The minimum Gasteiger partial charge on any atom is -0.481 e. The fourth-order valence-corrected chi connectivity index (χ4v) is 4.79. The number of carbonyl (C=O) groups excluding carboxylic acids is 1. The second-order valence-electron chi connectivity index (χ2n) is 7.65. The summed E-state index contributed by atoms with van der Waals surface area (Å²) in [4.78, 5) is 27.3. The molecule has 2 aliphatic heterocycles. The Morgan fingerprint density at radius 1 is 1.08 bits per heavy atom. The normalized spacial score (nSPS) is 26.9. The first kappa shape index (κ1) is 16.8. The highest BCUT2D eigenvalue weighted by Crippen LogP contribution is 2.52. The number of fused-ring (bicyclic) bond motifs is 2. The molecule has 134 valence electrons. The van der Waals surface area contributed by atoms with Crippen LogP contribution in [0.25, 0.3) is 0 Å². The highest BCUT2D eigenvalue weighted by atomic mass is 16.4. The molecule has 4 heteroatoms. The van der Waals surface area contributed by atoms with E-state index < -0.39 is 11.4 Å². The number of carboxylic acid groups (broad SMARTS) is 1. The van der Waals surface area contributed by atoms with E-state index in [-0.39, 0.29) is 18.0 Å². The van der Waals surface area contributed by atoms with E-state index in [0.29, 0.717) is 18.4 Å². The van der Waals surface area contributed by atoms with Crippen LogP contribution in [0.3, 0.4) is 0 Å². The minimum atomic E-state index is -0.884. The number of aryl methyl sites for hydroxylation is 1. The lowest BCUT2D eigenvalue weighted by Gasteiger charge is -2.33. The summed E-state index contributed by atoms with van der Waals surface area (Å²) >= 11 is 0. The van der Waals surface area contributed by atoms with Gasteiger partial charge in [-0.2, -0.15) is 0 Å². The molecule has 0 aromatic heterocycles. The van der Waals surface area contributed by atoms with E-state index in [4.69, 9.17) is 0 Å². The lowest BCUT2D eigenvalue weighted by molar-refractivity contribution is -0.150. The first-order valence-electron chi connectivity index (χ1n) is 9.18. The fraction of sp³-hybridized carbons (Fsp3) is 0.364. The van der Waals surface area contributed by atoms with Gasteiger partial charge in [0.2, 0.25) is 0 Å². The molecular weight excluding hydrogens is 326 g/mol. The molecule has 1 N–H and O–H groups in total. The second kappa shape index (κ2) is 6.27. The molecule has 4 nitrogen and oxygen atoms in total. The van der Waals surface area contributed by atoms with Gasteiger partial charge in [-0.05, 0) is 50.3 Å². The summed E-state index contributed by atoms with van der Waals surface area (Å²) in [6, 6.07) is 17.1. The molecule has 0 spiro atoms. The highest BCUT2D eigenvalue weighted by molar-refractivity contribution is 5.96. The molecule has 2 aliphatic rings. The summed E-state index contributed by atoms with van der Waals surface area (Å²) in [7, 11) is 0. The van der Waals surface area contributed by atoms with Crippen molar-refractivity contribution in [2.75, 3.05) is 0 Å². The van der Waals surface area contributed by atoms with Crippen molar-refractivity contribution in [3.05, 3.63) is 71.3 Å². The van der Waals surface area contributed by atoms with Gasteiger partial charge in [0.1, 0.15) is 0 Å². The zero-order valence-corrected chi connectivity index (χ0v) is 14.9. The molecule has 0 unspecified atom stereocenters. The quantitative estimate of drug-likeness (QED) is 0.916. The molecule has 0 radical (unpaired) electrons. The summed E-state index contributed by atoms with van der Waals surface area (Å²) in [5.41, 5.74) is 1.89. The second-order valence-corrected chi connectivity index (χ2v) is 7.65. The summed E-state index contributed by atoms with van der Waals surface area (Å²) in [6.45, 7) is 1.99. The number of hydrogen-bond donors (Lipinski definition) is 1. The van der Waals surface area contributed by atoms with E-state index >= 15 is 0 Å². The number of nitrogens with zero attached hydrogens (tertiary/aromatic N) is 1. The van der Waals surface area contributed by atoms with Crippen LogP contribution in [0.4, 0.5) is 0 Å². The third-order valence-corrected chi connectivity index (χ3v) is 6.06. The van der Waals surface area contributed by atoms with Crippen LogP contribution >= 0.6 is 0 Å². The number of aliphatic carboxylic acids is 1. The van der Waals surface area contributed by atoms with Crippen molar-refractivity contribution >= 4 is 11.9 Å². The number of benzene rings is 2. The van der Waals surface area contributed by atoms with Crippen LogP contribution in [0.2, 0.25) is 0 Å². The molecule has 26 heavy (non-hydrogen) atoms. The number of rotatable bonds is 4. The monoisotopic (exact) mass is 349 g/mol. The summed E-state index contributed by atoms with van der Waals surface area (Å²) in [6.07, 6.45) is 2.68. The zero-order chi connectivity index (χ0) is 18.3. The molecule has 1 amide bonds. The average Bonchev–Trinajstić information content (AvgIpc) is 3.19. The van der Waals surface area contributed by atoms with Gasteiger partial charge in [-0.15, -0.1) is 0 Å². The molecule has 3 atom stereocenters. The fourth-order valence-electron chi connectivity index (χ4n) is 4.79. The molecule has 2 aromatic carbocycles. The van der Waals surface area contributed by atoms with Crippen molar-refractivity contribution in [3.63, 3.8) is 0 Å². The predicted molar refractivity (Wildman–Crippen MR) is 99.0 cm³/mol. The first-order chi connectivity index (χ1) is 12.5. The van der Waals surface area contributed by atoms with E-state index in [9.17, 15) is 14.7 Å². The van der Waals surface area contributed by atoms with Crippen molar-refractivity contribution in [2.24, 2.45) is 5.41 Å². The number of carboxylic acids is 1. The Balaban J connectivity index is 1.66. The smallest absolute Gasteiger partial charge is 0.312 e. The van der Waals surface area contributed by atoms with E-state index in [0.717, 1.165) is 24.0 Å². The van der Waals surface area contributed by atoms with Gasteiger partial charge in [0.05, 0.1) is 5.41 Å². The van der Waals surface area contributed by atoms with Crippen LogP contribution in [-0.2, 0) is 11.2 Å². The maximum atomic E-state index is 13.1. The Kier molecular flexibility index (Phi) is 4.06. The van der Waals surface area contributed by atoms with Gasteiger partial charge in [0, 0.05) is 17.6 Å². The molecule has 2 bridgehead atoms. The number of amides is 1. The SMILES string of the molecule is Cc1ccc(C(=O)N2[C@H]3CC[C@@H]2[C@](Cc2ccccc2)(C(=O)O)C3)cc1. The van der Waals surface area contributed by atoms with Gasteiger partial charge in [0.15, 0.2) is 0 Å². The Labute approximate surface area is 153 Å². The summed E-state index contributed by atoms with van der Waals surface area (Å²) in [5.74, 6) is -0.816. The Morgan fingerprint density at radius 2 is 1.77 bits per heavy atom. The summed E-state index contributed by atoms with van der Waals surface area (Å²) < 4.78 is 0. The van der Waals surface area contributed by atoms with E-state index in [2.05, 4.69) is 0 Å². The first-order valence-corrected chi connectivity index (χ1v) is 9.18. The van der Waals surface area contributed by atoms with Gasteiger partial charge in [-0.1, -0.05) is 48.0 Å². The maximum Gasteiger partial charge on any atom is 0.312 e. The lowest BCUT2D eigenvalue weighted by atomic mass is 9.70. The van der Waals surface area contributed by atoms with Crippen LogP contribution in [0.1, 0.15) is 40.7 Å². The van der Waals surface area contributed by atoms with Crippen molar-refractivity contribution in [1.82, 2.24) is 4.90 Å². The van der Waals surface area contributed by atoms with Crippen molar-refractivity contribution in [3.8, 4) is 0 Å². The Bertz CT molecular complexity index is 830. The topological polar surface area (TPSA) is 57.6 Å². The molecule has 2 heterocycles. The van der Waals surface area contributed by atoms with Crippen LogP contribution in [0, 0.1) is 12.3 Å². The van der Waals surface area contributed by atoms with E-state index in [1.54, 1.807) is 0 Å². The molecule has 0 aliphatic carbocycles. The molecule has 0 saturated carbocycles. The van der Waals surface area contributed by atoms with Crippen molar-refractivity contribution < 1.29 is 14.7 Å². The summed E-state index contributed by atoms with van der Waals surface area (Å²) in [5, 5.41) is 10.1. The standard InChI is InChI=1S/C22H23NO3/c1-15-7-9-17(10-8-15)20(24)23-18-11-12-19(23)22(14-18,21(25)26)13-16-5-3-2-4-6-16/h2-10,18-19H,11-14H2,1H3,(H,25,26)/t18-,19+,22+/m0/s1.